The second-order valence-electron chi connectivity index (χ2n) is 1.76. The van der Waals surface area contributed by atoms with Crippen molar-refractivity contribution in [3.63, 3.8) is 0 Å². The van der Waals surface area contributed by atoms with Gasteiger partial charge in [0.2, 0.25) is 0 Å². The Bertz CT molecular complexity index is 287. The summed E-state index contributed by atoms with van der Waals surface area (Å²) in [4.78, 5) is 11.0. The topological polar surface area (TPSA) is 76.7 Å². The Morgan fingerprint density at radius 2 is 2.70 bits per heavy atom. The number of nitrogens with zero attached hydrogens (tertiary/aromatic N) is 2. The maximum Gasteiger partial charge on any atom is 0.343 e. The lowest BCUT2D eigenvalue weighted by Gasteiger charge is -1.93. The third-order valence-electron chi connectivity index (χ3n) is 0.944. The minimum absolute atomic E-state index is 0.241. The van der Waals surface area contributed by atoms with Crippen LogP contribution in [-0.4, -0.2) is 19.8 Å². The minimum Gasteiger partial charge on any atom is -0.392 e. The molecule has 0 aliphatic rings. The number of nitrogens with two attached hydrogens (primary N) is 1. The highest BCUT2D eigenvalue weighted by atomic mass is 32.1. The number of aromatic nitrogens is 3. The molecule has 0 amide bonds. The molecule has 0 aromatic carbocycles. The van der Waals surface area contributed by atoms with E-state index in [-0.39, 0.29) is 17.2 Å². The van der Waals surface area contributed by atoms with E-state index in [4.69, 9.17) is 5.73 Å². The molecule has 0 saturated carbocycles. The van der Waals surface area contributed by atoms with Gasteiger partial charge in [0.15, 0.2) is 0 Å². The SMILES string of the molecule is NC(=S)Cn1cn[nH]c1=O. The monoisotopic (exact) mass is 158 g/mol. The molecule has 0 spiro atoms. The van der Waals surface area contributed by atoms with Gasteiger partial charge >= 0.3 is 5.69 Å². The van der Waals surface area contributed by atoms with Crippen LogP contribution in [0.25, 0.3) is 0 Å². The van der Waals surface area contributed by atoms with Gasteiger partial charge in [0.25, 0.3) is 0 Å². The van der Waals surface area contributed by atoms with Crippen LogP contribution in [0, 0.1) is 0 Å². The molecule has 5 nitrogen and oxygen atoms in total. The molecule has 0 aliphatic carbocycles. The van der Waals surface area contributed by atoms with Crippen LogP contribution in [-0.2, 0) is 6.54 Å². The first-order valence-electron chi connectivity index (χ1n) is 2.58. The van der Waals surface area contributed by atoms with Crippen molar-refractivity contribution in [2.75, 3.05) is 0 Å². The molecule has 0 radical (unpaired) electrons. The van der Waals surface area contributed by atoms with Gasteiger partial charge in [0.1, 0.15) is 6.33 Å². The summed E-state index contributed by atoms with van der Waals surface area (Å²) < 4.78 is 1.29. The van der Waals surface area contributed by atoms with E-state index in [2.05, 4.69) is 22.4 Å². The molecule has 1 aromatic heterocycles. The summed E-state index contributed by atoms with van der Waals surface area (Å²) in [6.45, 7) is 0.241. The van der Waals surface area contributed by atoms with Crippen LogP contribution < -0.4 is 11.4 Å². The zero-order valence-corrected chi connectivity index (χ0v) is 5.89. The number of rotatable bonds is 2. The van der Waals surface area contributed by atoms with Gasteiger partial charge in [0, 0.05) is 0 Å². The number of H-pyrrole nitrogens is 1. The molecule has 0 bridgehead atoms. The maximum absolute atomic E-state index is 10.7. The summed E-state index contributed by atoms with van der Waals surface area (Å²) in [6.07, 6.45) is 1.35. The lowest BCUT2D eigenvalue weighted by atomic mass is 10.6. The molecule has 1 heterocycles. The largest absolute Gasteiger partial charge is 0.392 e. The van der Waals surface area contributed by atoms with Gasteiger partial charge < -0.3 is 5.73 Å². The highest BCUT2D eigenvalue weighted by Crippen LogP contribution is 1.74. The van der Waals surface area contributed by atoms with Crippen molar-refractivity contribution < 1.29 is 0 Å². The molecule has 0 unspecified atom stereocenters. The van der Waals surface area contributed by atoms with Crippen LogP contribution in [0.5, 0.6) is 0 Å². The van der Waals surface area contributed by atoms with Gasteiger partial charge in [-0.05, 0) is 0 Å². The predicted octanol–water partition coefficient (Wildman–Crippen LogP) is -1.14. The Morgan fingerprint density at radius 3 is 3.10 bits per heavy atom. The zero-order valence-electron chi connectivity index (χ0n) is 5.07. The van der Waals surface area contributed by atoms with Crippen molar-refractivity contribution in [2.24, 2.45) is 5.73 Å². The fourth-order valence-corrected chi connectivity index (χ4v) is 0.690. The molecule has 3 N–H and O–H groups in total. The third kappa shape index (κ3) is 1.41. The smallest absolute Gasteiger partial charge is 0.343 e. The average Bonchev–Trinajstić information content (AvgIpc) is 2.15. The van der Waals surface area contributed by atoms with Crippen molar-refractivity contribution >= 4 is 17.2 Å². The summed E-state index contributed by atoms with van der Waals surface area (Å²) in [5.74, 6) is 0. The summed E-state index contributed by atoms with van der Waals surface area (Å²) in [5.41, 5.74) is 4.88. The number of hydrogen-bond acceptors (Lipinski definition) is 3. The molecular formula is C4H6N4OS. The van der Waals surface area contributed by atoms with Crippen LogP contribution in [0.1, 0.15) is 0 Å². The molecule has 0 atom stereocenters. The van der Waals surface area contributed by atoms with Crippen molar-refractivity contribution in [3.05, 3.63) is 16.8 Å². The molecule has 6 heteroatoms. The van der Waals surface area contributed by atoms with Gasteiger partial charge in [-0.15, -0.1) is 0 Å². The number of hydrogen-bond donors (Lipinski definition) is 2. The fraction of sp³-hybridized carbons (Fsp3) is 0.250. The van der Waals surface area contributed by atoms with Crippen molar-refractivity contribution in [3.8, 4) is 0 Å². The molecule has 0 fully saturated rings. The van der Waals surface area contributed by atoms with Gasteiger partial charge in [-0.25, -0.2) is 9.89 Å². The Morgan fingerprint density at radius 1 is 2.00 bits per heavy atom. The van der Waals surface area contributed by atoms with Crippen LogP contribution in [0.3, 0.4) is 0 Å². The van der Waals surface area contributed by atoms with Gasteiger partial charge in [-0.3, -0.25) is 4.57 Å². The molecule has 0 aliphatic heterocycles. The predicted molar refractivity (Wildman–Crippen MR) is 39.6 cm³/mol. The Labute approximate surface area is 61.8 Å². The molecule has 1 rings (SSSR count). The van der Waals surface area contributed by atoms with E-state index in [1.807, 2.05) is 0 Å². The average molecular weight is 158 g/mol. The zero-order chi connectivity index (χ0) is 7.56. The first kappa shape index (κ1) is 6.94. The maximum atomic E-state index is 10.7. The quantitative estimate of drug-likeness (QED) is 0.533. The van der Waals surface area contributed by atoms with E-state index < -0.39 is 0 Å². The van der Waals surface area contributed by atoms with Crippen molar-refractivity contribution in [1.82, 2.24) is 14.8 Å². The van der Waals surface area contributed by atoms with Crippen LogP contribution in [0.4, 0.5) is 0 Å². The molecule has 0 saturated heterocycles. The van der Waals surface area contributed by atoms with Gasteiger partial charge in [0.05, 0.1) is 11.5 Å². The Kier molecular flexibility index (Phi) is 1.81. The van der Waals surface area contributed by atoms with Crippen LogP contribution in [0.2, 0.25) is 0 Å². The number of aromatic amines is 1. The van der Waals surface area contributed by atoms with E-state index >= 15 is 0 Å². The molecule has 10 heavy (non-hydrogen) atoms. The van der Waals surface area contributed by atoms with E-state index in [0.717, 1.165) is 0 Å². The molecular weight excluding hydrogens is 152 g/mol. The van der Waals surface area contributed by atoms with E-state index in [0.29, 0.717) is 0 Å². The third-order valence-corrected chi connectivity index (χ3v) is 1.07. The van der Waals surface area contributed by atoms with Gasteiger partial charge in [-0.2, -0.15) is 5.10 Å². The van der Waals surface area contributed by atoms with E-state index in [9.17, 15) is 4.79 Å². The normalized spacial score (nSPS) is 9.60. The first-order chi connectivity index (χ1) is 4.70. The molecule has 1 aromatic rings. The van der Waals surface area contributed by atoms with Crippen LogP contribution in [0.15, 0.2) is 11.1 Å². The standard InChI is InChI=1S/C4H6N4OS/c5-3(10)1-8-2-6-7-4(8)9/h2H,1H2,(H2,5,10)(H,7,9). The lowest BCUT2D eigenvalue weighted by molar-refractivity contribution is 0.810. The summed E-state index contributed by atoms with van der Waals surface area (Å²) in [5, 5.41) is 5.70. The first-order valence-corrected chi connectivity index (χ1v) is 2.99. The van der Waals surface area contributed by atoms with E-state index in [1.165, 1.54) is 10.9 Å². The highest BCUT2D eigenvalue weighted by molar-refractivity contribution is 7.80. The second kappa shape index (κ2) is 2.61. The highest BCUT2D eigenvalue weighted by Gasteiger charge is 1.96. The Hall–Kier alpha value is -1.17. The summed E-state index contributed by atoms with van der Waals surface area (Å²) in [7, 11) is 0. The fourth-order valence-electron chi connectivity index (χ4n) is 0.551. The summed E-state index contributed by atoms with van der Waals surface area (Å²) in [6, 6.07) is 0. The number of thiocarbonyl (C=S) groups is 1. The second-order valence-corrected chi connectivity index (χ2v) is 2.28. The summed E-state index contributed by atoms with van der Waals surface area (Å²) >= 11 is 4.58. The number of nitrogens with one attached hydrogen (secondary N) is 1. The van der Waals surface area contributed by atoms with Crippen LogP contribution >= 0.6 is 12.2 Å². The van der Waals surface area contributed by atoms with Gasteiger partial charge in [-0.1, -0.05) is 12.2 Å². The Balaban J connectivity index is 2.85. The van der Waals surface area contributed by atoms with E-state index in [1.54, 1.807) is 0 Å². The minimum atomic E-state index is -0.298. The van der Waals surface area contributed by atoms with Crippen molar-refractivity contribution in [1.29, 1.82) is 0 Å². The lowest BCUT2D eigenvalue weighted by Crippen LogP contribution is -2.24. The van der Waals surface area contributed by atoms with Crippen molar-refractivity contribution in [2.45, 2.75) is 6.54 Å². The molecule has 54 valence electrons.